The molecule has 274 valence electrons. The van der Waals surface area contributed by atoms with Crippen molar-refractivity contribution in [3.8, 4) is 0 Å². The predicted molar refractivity (Wildman–Crippen MR) is 183 cm³/mol. The van der Waals surface area contributed by atoms with Crippen LogP contribution in [0.25, 0.3) is 0 Å². The number of likely N-dealkylation sites (tertiary alicyclic amines) is 1. The molecule has 4 aliphatic heterocycles. The Morgan fingerprint density at radius 1 is 0.882 bits per heavy atom. The highest BCUT2D eigenvalue weighted by molar-refractivity contribution is 6.21. The van der Waals surface area contributed by atoms with Gasteiger partial charge in [-0.15, -0.1) is 0 Å². The van der Waals surface area contributed by atoms with Crippen molar-refractivity contribution in [2.75, 3.05) is 46.3 Å². The highest BCUT2D eigenvalue weighted by atomic mass is 19.1. The Balaban J connectivity index is 1.11. The predicted octanol–water partition coefficient (Wildman–Crippen LogP) is 2.46. The van der Waals surface area contributed by atoms with Gasteiger partial charge in [0.05, 0.1) is 41.9 Å². The second-order valence-electron chi connectivity index (χ2n) is 16.6. The maximum absolute atomic E-state index is 16.6. The van der Waals surface area contributed by atoms with Crippen LogP contribution in [0.5, 0.6) is 0 Å². The van der Waals surface area contributed by atoms with Gasteiger partial charge in [-0.1, -0.05) is 24.3 Å². The summed E-state index contributed by atoms with van der Waals surface area (Å²) in [5, 5.41) is 2.83. The van der Waals surface area contributed by atoms with Crippen molar-refractivity contribution in [1.29, 1.82) is 0 Å². The van der Waals surface area contributed by atoms with E-state index in [9.17, 15) is 24.0 Å². The van der Waals surface area contributed by atoms with E-state index in [4.69, 9.17) is 9.47 Å². The van der Waals surface area contributed by atoms with Gasteiger partial charge in [-0.05, 0) is 53.5 Å². The van der Waals surface area contributed by atoms with Crippen molar-refractivity contribution in [2.24, 2.45) is 17.8 Å². The molecule has 7 aliphatic rings. The molecule has 3 aliphatic carbocycles. The van der Waals surface area contributed by atoms with Crippen molar-refractivity contribution >= 4 is 29.4 Å². The number of nitrogens with zero attached hydrogens (tertiary/aromatic N) is 4. The molecule has 10 unspecified atom stereocenters. The number of rotatable bonds is 3. The van der Waals surface area contributed by atoms with E-state index in [2.05, 4.69) is 20.0 Å². The number of nitrogens with one attached hydrogen (secondary N) is 1. The lowest BCUT2D eigenvalue weighted by molar-refractivity contribution is -0.217. The standard InChI is InChI=1S/C38H48FN5O7/c1-38(2,3)51-37(49)40-20-9-10-43(18-20)36(48)26-19-44-28-16-23-24(33(46)22-8-6-5-7-21(22)32(23)45)17-29(28)50-35-30(44)25(34(26)47)15-27(39)31(35)42-13-11-41(4)12-14-42/h5-8,19-20,23-25,27-31,35H,9-18H2,1-4H3,(H,40,49). The Morgan fingerprint density at radius 3 is 2.22 bits per heavy atom. The van der Waals surface area contributed by atoms with Crippen molar-refractivity contribution in [2.45, 2.75) is 94.6 Å². The van der Waals surface area contributed by atoms with Gasteiger partial charge in [0.15, 0.2) is 17.3 Å². The van der Waals surface area contributed by atoms with Gasteiger partial charge in [0.25, 0.3) is 5.91 Å². The molecule has 0 spiro atoms. The molecule has 0 bridgehead atoms. The van der Waals surface area contributed by atoms with E-state index in [1.54, 1.807) is 56.1 Å². The molecule has 2 amide bonds. The summed E-state index contributed by atoms with van der Waals surface area (Å²) in [6.07, 6.45) is -0.300. The first-order valence-electron chi connectivity index (χ1n) is 18.5. The number of likely N-dealkylation sites (N-methyl/N-ethyl adjacent to an activating group) is 1. The smallest absolute Gasteiger partial charge is 0.407 e. The number of carbonyl (C=O) groups is 5. The van der Waals surface area contributed by atoms with Crippen LogP contribution >= 0.6 is 0 Å². The van der Waals surface area contributed by atoms with E-state index in [1.165, 1.54) is 0 Å². The molecule has 13 heteroatoms. The second-order valence-corrected chi connectivity index (χ2v) is 16.6. The van der Waals surface area contributed by atoms with Crippen LogP contribution in [0.15, 0.2) is 36.0 Å². The molecule has 0 radical (unpaired) electrons. The Bertz CT molecular complexity index is 1670. The molecule has 10 atom stereocenters. The lowest BCUT2D eigenvalue weighted by Crippen LogP contribution is -2.74. The van der Waals surface area contributed by atoms with Crippen LogP contribution in [-0.4, -0.2) is 143 Å². The molecule has 51 heavy (non-hydrogen) atoms. The molecular formula is C38H48FN5O7. The van der Waals surface area contributed by atoms with Crippen molar-refractivity contribution in [3.63, 3.8) is 0 Å². The zero-order chi connectivity index (χ0) is 35.9. The number of hydrogen-bond acceptors (Lipinski definition) is 10. The molecule has 2 saturated carbocycles. The number of ether oxygens (including phenoxy) is 2. The van der Waals surface area contributed by atoms with Gasteiger partial charge in [-0.2, -0.15) is 0 Å². The summed E-state index contributed by atoms with van der Waals surface area (Å²) in [4.78, 5) is 76.7. The Labute approximate surface area is 297 Å². The van der Waals surface area contributed by atoms with E-state index < -0.39 is 65.8 Å². The van der Waals surface area contributed by atoms with Gasteiger partial charge < -0.3 is 29.5 Å². The molecule has 1 aromatic carbocycles. The minimum atomic E-state index is -1.35. The molecule has 8 rings (SSSR count). The van der Waals surface area contributed by atoms with Gasteiger partial charge in [-0.25, -0.2) is 9.18 Å². The van der Waals surface area contributed by atoms with E-state index >= 15 is 4.39 Å². The lowest BCUT2D eigenvalue weighted by atomic mass is 9.63. The minimum Gasteiger partial charge on any atom is -0.444 e. The zero-order valence-electron chi connectivity index (χ0n) is 29.8. The SMILES string of the molecule is CN1CCN(C2C(F)CC3C(=O)C(C(=O)N4CCC(NC(=O)OC(C)(C)C)C4)=CN4C5CC6C(=O)c7ccccc7C(=O)C6CC5OC2C34)CC1. The molecule has 12 nitrogen and oxygen atoms in total. The number of morpholine rings is 1. The minimum absolute atomic E-state index is 0.00247. The molecule has 5 fully saturated rings. The van der Waals surface area contributed by atoms with Crippen LogP contribution in [0.3, 0.4) is 0 Å². The third kappa shape index (κ3) is 5.98. The number of carbonyl (C=O) groups excluding carboxylic acids is 5. The monoisotopic (exact) mass is 705 g/mol. The summed E-state index contributed by atoms with van der Waals surface area (Å²) in [6, 6.07) is 5.15. The molecule has 3 saturated heterocycles. The van der Waals surface area contributed by atoms with Gasteiger partial charge in [0.1, 0.15) is 11.8 Å². The van der Waals surface area contributed by atoms with Crippen LogP contribution in [0, 0.1) is 17.8 Å². The number of Topliss-reactive ketones (excluding diaryl/α,β-unsaturated/α-hetero) is 3. The number of benzene rings is 1. The summed E-state index contributed by atoms with van der Waals surface area (Å²) in [6.45, 7) is 8.80. The maximum Gasteiger partial charge on any atom is 0.407 e. The number of hydrogen-bond donors (Lipinski definition) is 1. The average Bonchev–Trinajstić information content (AvgIpc) is 3.55. The van der Waals surface area contributed by atoms with Crippen LogP contribution in [-0.2, 0) is 19.1 Å². The lowest BCUT2D eigenvalue weighted by Gasteiger charge is -2.61. The fraction of sp³-hybridized carbons (Fsp3) is 0.658. The van der Waals surface area contributed by atoms with Gasteiger partial charge in [0, 0.05) is 74.3 Å². The maximum atomic E-state index is 16.6. The Hall–Kier alpha value is -3.68. The quantitative estimate of drug-likeness (QED) is 0.469. The topological polar surface area (TPSA) is 129 Å². The number of alkyl carbamates (subject to hydrolysis) is 1. The zero-order valence-corrected chi connectivity index (χ0v) is 29.8. The molecule has 1 aromatic rings. The molecular weight excluding hydrogens is 657 g/mol. The number of halogens is 1. The Kier molecular flexibility index (Phi) is 8.61. The van der Waals surface area contributed by atoms with Gasteiger partial charge >= 0.3 is 6.09 Å². The van der Waals surface area contributed by atoms with Crippen LogP contribution in [0.4, 0.5) is 9.18 Å². The average molecular weight is 706 g/mol. The number of alkyl halides is 1. The highest BCUT2D eigenvalue weighted by Gasteiger charge is 2.62. The Morgan fingerprint density at radius 2 is 1.55 bits per heavy atom. The van der Waals surface area contributed by atoms with E-state index in [-0.39, 0.29) is 48.0 Å². The van der Waals surface area contributed by atoms with Gasteiger partial charge in [-0.3, -0.25) is 24.1 Å². The molecule has 1 N–H and O–H groups in total. The van der Waals surface area contributed by atoms with Crippen LogP contribution < -0.4 is 5.32 Å². The van der Waals surface area contributed by atoms with Crippen molar-refractivity contribution in [3.05, 3.63) is 47.2 Å². The first-order chi connectivity index (χ1) is 24.3. The largest absolute Gasteiger partial charge is 0.444 e. The fourth-order valence-electron chi connectivity index (χ4n) is 9.90. The van der Waals surface area contributed by atoms with E-state index in [0.29, 0.717) is 50.0 Å². The third-order valence-electron chi connectivity index (χ3n) is 12.3. The normalized spacial score (nSPS) is 36.8. The van der Waals surface area contributed by atoms with Crippen LogP contribution in [0.2, 0.25) is 0 Å². The number of fused-ring (bicyclic) bond motifs is 4. The highest BCUT2D eigenvalue weighted by Crippen LogP contribution is 2.50. The summed E-state index contributed by atoms with van der Waals surface area (Å²) in [5.41, 5.74) is 0.204. The third-order valence-corrected chi connectivity index (χ3v) is 12.3. The molecule has 0 aromatic heterocycles. The summed E-state index contributed by atoms with van der Waals surface area (Å²) in [5.74, 6) is -2.88. The second kappa shape index (κ2) is 12.8. The number of amides is 2. The summed E-state index contributed by atoms with van der Waals surface area (Å²) in [7, 11) is 2.04. The number of ketones is 3. The first kappa shape index (κ1) is 34.4. The van der Waals surface area contributed by atoms with E-state index in [0.717, 1.165) is 13.1 Å². The van der Waals surface area contributed by atoms with Crippen molar-refractivity contribution < 1.29 is 37.8 Å². The molecule has 4 heterocycles. The number of piperazine rings is 1. The van der Waals surface area contributed by atoms with Crippen molar-refractivity contribution in [1.82, 2.24) is 24.9 Å². The van der Waals surface area contributed by atoms with E-state index in [1.807, 2.05) is 7.05 Å². The summed E-state index contributed by atoms with van der Waals surface area (Å²) >= 11 is 0. The first-order valence-corrected chi connectivity index (χ1v) is 18.5. The summed E-state index contributed by atoms with van der Waals surface area (Å²) < 4.78 is 28.9. The van der Waals surface area contributed by atoms with Gasteiger partial charge in [0.2, 0.25) is 0 Å². The van der Waals surface area contributed by atoms with Crippen LogP contribution in [0.1, 0.15) is 67.2 Å². The fourth-order valence-corrected chi connectivity index (χ4v) is 9.90.